The normalized spacial score (nSPS) is 40.8. The zero-order valence-electron chi connectivity index (χ0n) is 20.5. The minimum atomic E-state index is -0.122. The molecule has 2 heteroatoms. The number of ether oxygens (including phenoxy) is 1. The Labute approximate surface area is 184 Å². The van der Waals surface area contributed by atoms with Gasteiger partial charge in [-0.1, -0.05) is 51.0 Å². The number of hydrogen-bond acceptors (Lipinski definition) is 2. The van der Waals surface area contributed by atoms with Crippen LogP contribution in [0.25, 0.3) is 0 Å². The van der Waals surface area contributed by atoms with E-state index in [2.05, 4.69) is 60.6 Å². The molecular formula is C28H44O2. The highest BCUT2D eigenvalue weighted by Crippen LogP contribution is 2.67. The van der Waals surface area contributed by atoms with Crippen molar-refractivity contribution < 1.29 is 9.84 Å². The molecule has 0 aromatic heterocycles. The fourth-order valence-corrected chi connectivity index (χ4v) is 7.86. The van der Waals surface area contributed by atoms with Gasteiger partial charge < -0.3 is 9.84 Å². The largest absolute Gasteiger partial charge is 0.393 e. The summed E-state index contributed by atoms with van der Waals surface area (Å²) in [6.45, 7) is 17.2. The predicted octanol–water partition coefficient (Wildman–Crippen LogP) is 7.00. The van der Waals surface area contributed by atoms with Crippen LogP contribution in [0.15, 0.2) is 34.4 Å². The monoisotopic (exact) mass is 412 g/mol. The van der Waals surface area contributed by atoms with Crippen LogP contribution in [-0.2, 0) is 4.74 Å². The molecule has 1 fully saturated rings. The van der Waals surface area contributed by atoms with E-state index < -0.39 is 0 Å². The fourth-order valence-electron chi connectivity index (χ4n) is 7.86. The van der Waals surface area contributed by atoms with E-state index in [4.69, 9.17) is 4.74 Å². The van der Waals surface area contributed by atoms with E-state index in [1.165, 1.54) is 31.3 Å². The first-order chi connectivity index (χ1) is 14.0. The molecule has 4 aliphatic rings. The second-order valence-electron chi connectivity index (χ2n) is 12.1. The number of aliphatic hydroxyl groups excluding tert-OH is 1. The van der Waals surface area contributed by atoms with Crippen molar-refractivity contribution in [1.29, 1.82) is 0 Å². The van der Waals surface area contributed by atoms with Crippen molar-refractivity contribution in [3.63, 3.8) is 0 Å². The minimum Gasteiger partial charge on any atom is -0.393 e. The Morgan fingerprint density at radius 3 is 2.67 bits per heavy atom. The Balaban J connectivity index is 1.63. The summed E-state index contributed by atoms with van der Waals surface area (Å²) >= 11 is 0. The Bertz CT molecular complexity index is 780. The highest BCUT2D eigenvalue weighted by atomic mass is 16.5. The maximum atomic E-state index is 10.5. The molecule has 4 rings (SSSR count). The maximum absolute atomic E-state index is 10.5. The summed E-state index contributed by atoms with van der Waals surface area (Å²) in [7, 11) is 0. The highest BCUT2D eigenvalue weighted by molar-refractivity contribution is 5.50. The molecule has 0 aliphatic heterocycles. The number of rotatable bonds is 4. The molecule has 0 aromatic carbocycles. The molecule has 0 heterocycles. The van der Waals surface area contributed by atoms with Crippen LogP contribution in [0, 0.1) is 28.1 Å². The molecule has 6 atom stereocenters. The molecule has 2 unspecified atom stereocenters. The first-order valence-electron chi connectivity index (χ1n) is 12.4. The van der Waals surface area contributed by atoms with Gasteiger partial charge in [-0.3, -0.25) is 0 Å². The van der Waals surface area contributed by atoms with E-state index in [0.717, 1.165) is 25.9 Å². The highest BCUT2D eigenvalue weighted by Gasteiger charge is 2.58. The summed E-state index contributed by atoms with van der Waals surface area (Å²) in [5.41, 5.74) is 7.08. The molecule has 1 saturated carbocycles. The van der Waals surface area contributed by atoms with Gasteiger partial charge in [0.15, 0.2) is 0 Å². The summed E-state index contributed by atoms with van der Waals surface area (Å²) in [5, 5.41) is 10.5. The minimum absolute atomic E-state index is 0.122. The van der Waals surface area contributed by atoms with Crippen LogP contribution in [0.1, 0.15) is 93.4 Å². The van der Waals surface area contributed by atoms with Crippen molar-refractivity contribution in [2.75, 3.05) is 6.61 Å². The lowest BCUT2D eigenvalue weighted by Crippen LogP contribution is -2.53. The predicted molar refractivity (Wildman–Crippen MR) is 125 cm³/mol. The second-order valence-corrected chi connectivity index (χ2v) is 12.1. The van der Waals surface area contributed by atoms with Gasteiger partial charge in [0.25, 0.3) is 0 Å². The van der Waals surface area contributed by atoms with Gasteiger partial charge in [-0.15, -0.1) is 0 Å². The summed E-state index contributed by atoms with van der Waals surface area (Å²) in [4.78, 5) is 0. The molecule has 0 spiro atoms. The van der Waals surface area contributed by atoms with Crippen LogP contribution >= 0.6 is 0 Å². The van der Waals surface area contributed by atoms with E-state index in [1.54, 1.807) is 16.7 Å². The third-order valence-electron chi connectivity index (χ3n) is 9.91. The lowest BCUT2D eigenvalue weighted by atomic mass is 9.44. The quantitative estimate of drug-likeness (QED) is 0.504. The van der Waals surface area contributed by atoms with Crippen molar-refractivity contribution in [1.82, 2.24) is 0 Å². The van der Waals surface area contributed by atoms with Crippen LogP contribution in [0.5, 0.6) is 0 Å². The Morgan fingerprint density at radius 2 is 1.97 bits per heavy atom. The molecule has 0 radical (unpaired) electrons. The third kappa shape index (κ3) is 3.28. The SMILES string of the molecule is CC(C)=CCO[C@@H](C)[C@H]1CC=C2C3=C(CC[C@@]21C)[C@]1(C)C(CC3)CC(O)CC1(C)C. The Kier molecular flexibility index (Phi) is 5.68. The molecule has 0 saturated heterocycles. The zero-order valence-corrected chi connectivity index (χ0v) is 20.5. The topological polar surface area (TPSA) is 29.5 Å². The van der Waals surface area contributed by atoms with Gasteiger partial charge in [0.05, 0.1) is 18.8 Å². The van der Waals surface area contributed by atoms with E-state index in [0.29, 0.717) is 11.8 Å². The van der Waals surface area contributed by atoms with Crippen molar-refractivity contribution in [2.45, 2.75) is 106 Å². The van der Waals surface area contributed by atoms with Gasteiger partial charge in [-0.25, -0.2) is 0 Å². The van der Waals surface area contributed by atoms with Crippen LogP contribution in [0.3, 0.4) is 0 Å². The zero-order chi connectivity index (χ0) is 21.9. The summed E-state index contributed by atoms with van der Waals surface area (Å²) in [5.74, 6) is 1.21. The Hall–Kier alpha value is -0.860. The lowest BCUT2D eigenvalue weighted by molar-refractivity contribution is -0.0723. The number of aliphatic hydroxyl groups is 1. The third-order valence-corrected chi connectivity index (χ3v) is 9.91. The Morgan fingerprint density at radius 1 is 1.23 bits per heavy atom. The van der Waals surface area contributed by atoms with Gasteiger partial charge in [0.1, 0.15) is 0 Å². The smallest absolute Gasteiger partial charge is 0.0653 e. The van der Waals surface area contributed by atoms with E-state index in [1.807, 2.05) is 0 Å². The van der Waals surface area contributed by atoms with Gasteiger partial charge in [-0.05, 0) is 105 Å². The lowest BCUT2D eigenvalue weighted by Gasteiger charge is -2.60. The molecule has 168 valence electrons. The standard InChI is InChI=1S/C28H44O2/c1-18(2)13-15-30-19(3)23-10-11-24-22-9-8-20-16-21(29)17-26(4,5)28(20,7)25(22)12-14-27(23,24)6/h11,13,19-21,23,29H,8-10,12,14-17H2,1-7H3/t19-,20?,21?,23+,27+,28-/m0/s1. The van der Waals surface area contributed by atoms with Gasteiger partial charge >= 0.3 is 0 Å². The van der Waals surface area contributed by atoms with Gasteiger partial charge in [0, 0.05) is 0 Å². The van der Waals surface area contributed by atoms with Crippen LogP contribution in [0.2, 0.25) is 0 Å². The molecule has 2 nitrogen and oxygen atoms in total. The molecule has 0 amide bonds. The van der Waals surface area contributed by atoms with E-state index in [9.17, 15) is 5.11 Å². The molecule has 30 heavy (non-hydrogen) atoms. The van der Waals surface area contributed by atoms with Crippen molar-refractivity contribution >= 4 is 0 Å². The molecule has 4 aliphatic carbocycles. The average Bonchev–Trinajstić information content (AvgIpc) is 2.99. The van der Waals surface area contributed by atoms with Crippen molar-refractivity contribution in [3.05, 3.63) is 34.4 Å². The number of allylic oxidation sites excluding steroid dienone is 5. The second kappa shape index (κ2) is 7.62. The van der Waals surface area contributed by atoms with Crippen molar-refractivity contribution in [3.8, 4) is 0 Å². The number of hydrogen-bond donors (Lipinski definition) is 1. The molecule has 1 N–H and O–H groups in total. The number of fused-ring (bicyclic) bond motifs is 4. The van der Waals surface area contributed by atoms with Crippen LogP contribution in [0.4, 0.5) is 0 Å². The molecule has 0 aromatic rings. The van der Waals surface area contributed by atoms with Crippen molar-refractivity contribution in [2.24, 2.45) is 28.1 Å². The summed E-state index contributed by atoms with van der Waals surface area (Å²) in [6, 6.07) is 0. The van der Waals surface area contributed by atoms with Gasteiger partial charge in [-0.2, -0.15) is 0 Å². The molecular weight excluding hydrogens is 368 g/mol. The maximum Gasteiger partial charge on any atom is 0.0653 e. The first-order valence-corrected chi connectivity index (χ1v) is 12.4. The fraction of sp³-hybridized carbons (Fsp3) is 0.786. The van der Waals surface area contributed by atoms with Crippen LogP contribution in [-0.4, -0.2) is 23.9 Å². The van der Waals surface area contributed by atoms with E-state index >= 15 is 0 Å². The summed E-state index contributed by atoms with van der Waals surface area (Å²) in [6.07, 6.45) is 12.9. The van der Waals surface area contributed by atoms with Gasteiger partial charge in [0.2, 0.25) is 0 Å². The van der Waals surface area contributed by atoms with E-state index in [-0.39, 0.29) is 28.5 Å². The van der Waals surface area contributed by atoms with Crippen LogP contribution < -0.4 is 0 Å². The first kappa shape index (κ1) is 22.3. The molecule has 0 bridgehead atoms. The summed E-state index contributed by atoms with van der Waals surface area (Å²) < 4.78 is 6.28. The average molecular weight is 413 g/mol.